The minimum atomic E-state index is -0.412. The quantitative estimate of drug-likeness (QED) is 0.428. The number of nitrogens with zero attached hydrogens (tertiary/aromatic N) is 4. The minimum Gasteiger partial charge on any atom is -0.382 e. The number of carbonyl (C=O) groups is 2. The number of allylic oxidation sites excluding steroid dienone is 2. The molecule has 11 heteroatoms. The van der Waals surface area contributed by atoms with Gasteiger partial charge in [-0.2, -0.15) is 5.10 Å². The van der Waals surface area contributed by atoms with Crippen LogP contribution < -0.4 is 21.7 Å². The number of nitrogens with two attached hydrogens (primary N) is 1. The standard InChI is InChI=1S/C24H25ClN8O2/c1-3-6-27-23(34)16-10-33-20(21(26)28-11-29-33)19(16)13-4-5-18(17(25)9-13)31-24(35)32-22-15-8-14(15)7-12(2)30-22/h4-5,7,9-11,14-15H,3,6,8H2,1-2H3,(H,27,34)(H2,26,28,29)(H2,30,31,32,35)/t14?,15-/m1/s1. The Hall–Kier alpha value is -3.92. The summed E-state index contributed by atoms with van der Waals surface area (Å²) in [6.45, 7) is 4.43. The van der Waals surface area contributed by atoms with Crippen molar-refractivity contribution in [2.75, 3.05) is 17.6 Å². The Morgan fingerprint density at radius 2 is 2.11 bits per heavy atom. The van der Waals surface area contributed by atoms with Gasteiger partial charge in [0.05, 0.1) is 16.3 Å². The summed E-state index contributed by atoms with van der Waals surface area (Å²) in [6.07, 6.45) is 6.88. The number of nitrogen functional groups attached to an aromatic ring is 1. The van der Waals surface area contributed by atoms with Gasteiger partial charge in [-0.15, -0.1) is 0 Å². The number of halogens is 1. The van der Waals surface area contributed by atoms with E-state index in [4.69, 9.17) is 17.3 Å². The summed E-state index contributed by atoms with van der Waals surface area (Å²) in [5.41, 5.74) is 9.58. The van der Waals surface area contributed by atoms with Crippen LogP contribution >= 0.6 is 11.6 Å². The summed E-state index contributed by atoms with van der Waals surface area (Å²) >= 11 is 6.55. The van der Waals surface area contributed by atoms with Crippen molar-refractivity contribution in [3.05, 3.63) is 53.1 Å². The topological polar surface area (TPSA) is 139 Å². The van der Waals surface area contributed by atoms with E-state index in [1.54, 1.807) is 24.4 Å². The van der Waals surface area contributed by atoms with Crippen molar-refractivity contribution in [1.29, 1.82) is 0 Å². The molecule has 1 aliphatic carbocycles. The van der Waals surface area contributed by atoms with Crippen molar-refractivity contribution in [2.24, 2.45) is 16.8 Å². The molecule has 3 amide bonds. The summed E-state index contributed by atoms with van der Waals surface area (Å²) in [5, 5.41) is 13.0. The molecular formula is C24H25ClN8O2. The lowest BCUT2D eigenvalue weighted by Crippen LogP contribution is -2.36. The third-order valence-corrected chi connectivity index (χ3v) is 6.39. The second kappa shape index (κ2) is 9.03. The molecule has 0 radical (unpaired) electrons. The Balaban J connectivity index is 1.43. The number of aliphatic imine (C=N–C) groups is 1. The molecule has 1 saturated carbocycles. The predicted octanol–water partition coefficient (Wildman–Crippen LogP) is 3.85. The van der Waals surface area contributed by atoms with Gasteiger partial charge in [0.25, 0.3) is 5.91 Å². The lowest BCUT2D eigenvalue weighted by atomic mass is 10.0. The SMILES string of the molecule is CCCNC(=O)c1cn2ncnc(N)c2c1-c1ccc(NC(=O)NC2=NC(C)=CC3C[C@@H]23)c(Cl)c1. The summed E-state index contributed by atoms with van der Waals surface area (Å²) < 4.78 is 1.53. The Kier molecular flexibility index (Phi) is 5.89. The third kappa shape index (κ3) is 4.44. The van der Waals surface area contributed by atoms with Crippen LogP contribution in [0.4, 0.5) is 16.3 Å². The number of urea groups is 1. The zero-order valence-electron chi connectivity index (χ0n) is 19.3. The Morgan fingerprint density at radius 3 is 2.89 bits per heavy atom. The molecule has 5 N–H and O–H groups in total. The maximum absolute atomic E-state index is 12.9. The molecule has 5 rings (SSSR count). The third-order valence-electron chi connectivity index (χ3n) is 6.07. The molecule has 180 valence electrons. The van der Waals surface area contributed by atoms with E-state index < -0.39 is 6.03 Å². The average molecular weight is 493 g/mol. The van der Waals surface area contributed by atoms with Gasteiger partial charge in [0.2, 0.25) is 0 Å². The van der Waals surface area contributed by atoms with Crippen molar-refractivity contribution in [2.45, 2.75) is 26.7 Å². The maximum Gasteiger partial charge on any atom is 0.324 e. The molecule has 0 spiro atoms. The first-order valence-corrected chi connectivity index (χ1v) is 11.8. The molecule has 0 saturated heterocycles. The smallest absolute Gasteiger partial charge is 0.324 e. The van der Waals surface area contributed by atoms with E-state index in [1.165, 1.54) is 10.8 Å². The number of hydrogen-bond acceptors (Lipinski definition) is 6. The first kappa shape index (κ1) is 22.9. The summed E-state index contributed by atoms with van der Waals surface area (Å²) in [4.78, 5) is 34.0. The van der Waals surface area contributed by atoms with Gasteiger partial charge in [0, 0.05) is 29.9 Å². The van der Waals surface area contributed by atoms with E-state index in [1.807, 2.05) is 13.8 Å². The number of anilines is 2. The van der Waals surface area contributed by atoms with E-state index in [2.05, 4.69) is 37.1 Å². The Bertz CT molecular complexity index is 1410. The number of rotatable bonds is 5. The highest BCUT2D eigenvalue weighted by Gasteiger charge is 2.42. The molecule has 35 heavy (non-hydrogen) atoms. The van der Waals surface area contributed by atoms with Crippen LogP contribution in [0.2, 0.25) is 5.02 Å². The van der Waals surface area contributed by atoms with E-state index >= 15 is 0 Å². The minimum absolute atomic E-state index is 0.234. The fraction of sp³-hybridized carbons (Fsp3) is 0.292. The van der Waals surface area contributed by atoms with Gasteiger partial charge in [-0.3, -0.25) is 10.1 Å². The van der Waals surface area contributed by atoms with Crippen LogP contribution in [0.1, 0.15) is 37.0 Å². The van der Waals surface area contributed by atoms with Crippen LogP contribution in [0, 0.1) is 11.8 Å². The van der Waals surface area contributed by atoms with Gasteiger partial charge >= 0.3 is 6.03 Å². The first-order chi connectivity index (χ1) is 16.9. The number of aromatic nitrogens is 3. The molecule has 3 aromatic rings. The van der Waals surface area contributed by atoms with E-state index in [0.29, 0.717) is 51.2 Å². The molecule has 1 fully saturated rings. The lowest BCUT2D eigenvalue weighted by Gasteiger charge is -2.14. The van der Waals surface area contributed by atoms with Gasteiger partial charge in [-0.1, -0.05) is 30.7 Å². The normalized spacial score (nSPS) is 18.4. The molecule has 3 heterocycles. The molecule has 2 aliphatic rings. The van der Waals surface area contributed by atoms with Crippen LogP contribution in [-0.4, -0.2) is 38.9 Å². The summed E-state index contributed by atoms with van der Waals surface area (Å²) in [5.74, 6) is 1.40. The number of fused-ring (bicyclic) bond motifs is 2. The highest BCUT2D eigenvalue weighted by Crippen LogP contribution is 2.44. The number of nitrogens with one attached hydrogen (secondary N) is 3. The number of amidine groups is 1. The molecular weight excluding hydrogens is 468 g/mol. The van der Waals surface area contributed by atoms with Gasteiger partial charge in [-0.05, 0) is 43.4 Å². The maximum atomic E-state index is 12.9. The van der Waals surface area contributed by atoms with Crippen LogP contribution in [-0.2, 0) is 0 Å². The Labute approximate surface area is 206 Å². The zero-order valence-corrected chi connectivity index (χ0v) is 20.1. The largest absolute Gasteiger partial charge is 0.382 e. The Morgan fingerprint density at radius 1 is 1.29 bits per heavy atom. The van der Waals surface area contributed by atoms with Crippen LogP contribution in [0.15, 0.2) is 47.5 Å². The first-order valence-electron chi connectivity index (χ1n) is 11.4. The van der Waals surface area contributed by atoms with Crippen LogP contribution in [0.5, 0.6) is 0 Å². The average Bonchev–Trinajstić information content (AvgIpc) is 3.49. The predicted molar refractivity (Wildman–Crippen MR) is 135 cm³/mol. The lowest BCUT2D eigenvalue weighted by molar-refractivity contribution is 0.0954. The molecule has 1 aromatic carbocycles. The second-order valence-corrected chi connectivity index (χ2v) is 9.10. The van der Waals surface area contributed by atoms with Gasteiger partial charge in [-0.25, -0.2) is 19.3 Å². The number of benzene rings is 1. The van der Waals surface area contributed by atoms with Crippen molar-refractivity contribution in [1.82, 2.24) is 25.2 Å². The fourth-order valence-corrected chi connectivity index (χ4v) is 4.56. The van der Waals surface area contributed by atoms with Gasteiger partial charge < -0.3 is 16.4 Å². The van der Waals surface area contributed by atoms with Crippen molar-refractivity contribution < 1.29 is 9.59 Å². The summed E-state index contributed by atoms with van der Waals surface area (Å²) in [7, 11) is 0. The molecule has 2 aromatic heterocycles. The van der Waals surface area contributed by atoms with Gasteiger partial charge in [0.1, 0.15) is 17.7 Å². The summed E-state index contributed by atoms with van der Waals surface area (Å²) in [6, 6.07) is 4.71. The van der Waals surface area contributed by atoms with Gasteiger partial charge in [0.15, 0.2) is 5.82 Å². The van der Waals surface area contributed by atoms with Crippen molar-refractivity contribution in [3.8, 4) is 11.1 Å². The molecule has 10 nitrogen and oxygen atoms in total. The van der Waals surface area contributed by atoms with Crippen molar-refractivity contribution in [3.63, 3.8) is 0 Å². The van der Waals surface area contributed by atoms with E-state index in [9.17, 15) is 9.59 Å². The molecule has 2 atom stereocenters. The molecule has 1 unspecified atom stereocenters. The highest BCUT2D eigenvalue weighted by molar-refractivity contribution is 6.34. The second-order valence-electron chi connectivity index (χ2n) is 8.70. The zero-order chi connectivity index (χ0) is 24.7. The van der Waals surface area contributed by atoms with Crippen LogP contribution in [0.25, 0.3) is 16.6 Å². The molecule has 1 aliphatic heterocycles. The fourth-order valence-electron chi connectivity index (χ4n) is 4.33. The number of amides is 3. The number of carbonyl (C=O) groups excluding carboxylic acids is 2. The number of hydrogen-bond donors (Lipinski definition) is 4. The highest BCUT2D eigenvalue weighted by atomic mass is 35.5. The molecule has 0 bridgehead atoms. The van der Waals surface area contributed by atoms with Crippen molar-refractivity contribution >= 4 is 46.4 Å². The monoisotopic (exact) mass is 492 g/mol. The van der Waals surface area contributed by atoms with E-state index in [0.717, 1.165) is 18.5 Å². The van der Waals surface area contributed by atoms with E-state index in [-0.39, 0.29) is 17.6 Å². The van der Waals surface area contributed by atoms with Crippen LogP contribution in [0.3, 0.4) is 0 Å².